The van der Waals surface area contributed by atoms with Crippen LogP contribution in [0, 0.1) is 0 Å². The molecule has 0 bridgehead atoms. The molecule has 0 heterocycles. The third-order valence-electron chi connectivity index (χ3n) is 3.19. The number of rotatable bonds is 6. The number of nitrogens with one attached hydrogen (secondary N) is 1. The fraction of sp³-hybridized carbons (Fsp3) is 0.600. The van der Waals surface area contributed by atoms with Crippen LogP contribution in [0.25, 0.3) is 0 Å². The molecule has 1 aromatic carbocycles. The van der Waals surface area contributed by atoms with Gasteiger partial charge in [0, 0.05) is 17.1 Å². The van der Waals surface area contributed by atoms with Crippen molar-refractivity contribution in [3.8, 4) is 5.75 Å². The molecule has 1 N–H and O–H groups in total. The van der Waals surface area contributed by atoms with Crippen molar-refractivity contribution in [2.24, 2.45) is 0 Å². The minimum Gasteiger partial charge on any atom is -0.489 e. The molecule has 0 radical (unpaired) electrons. The monoisotopic (exact) mass is 311 g/mol. The summed E-state index contributed by atoms with van der Waals surface area (Å²) in [4.78, 5) is 0. The van der Waals surface area contributed by atoms with E-state index in [1.165, 1.54) is 18.4 Å². The Morgan fingerprint density at radius 2 is 2.06 bits per heavy atom. The maximum atomic E-state index is 6.06. The van der Waals surface area contributed by atoms with E-state index < -0.39 is 0 Å². The summed E-state index contributed by atoms with van der Waals surface area (Å²) in [7, 11) is 0. The second-order valence-corrected chi connectivity index (χ2v) is 6.36. The standard InChI is InChI=1S/C15H22BrNO/c1-10(2)14-8-12(16)4-7-15(14)18-11(3)9-17-13-5-6-13/h4,7-8,10-11,13,17H,5-6,9H2,1-3H3. The van der Waals surface area contributed by atoms with E-state index >= 15 is 0 Å². The van der Waals surface area contributed by atoms with Crippen molar-refractivity contribution in [1.29, 1.82) is 0 Å². The van der Waals surface area contributed by atoms with Crippen molar-refractivity contribution in [2.45, 2.75) is 51.7 Å². The van der Waals surface area contributed by atoms with Crippen LogP contribution in [0.5, 0.6) is 5.75 Å². The summed E-state index contributed by atoms with van der Waals surface area (Å²) in [6.07, 6.45) is 2.86. The second kappa shape index (κ2) is 6.07. The lowest BCUT2D eigenvalue weighted by atomic mass is 10.0. The lowest BCUT2D eigenvalue weighted by molar-refractivity contribution is 0.214. The molecule has 1 aliphatic carbocycles. The Labute approximate surface area is 118 Å². The van der Waals surface area contributed by atoms with Crippen molar-refractivity contribution in [2.75, 3.05) is 6.54 Å². The lowest BCUT2D eigenvalue weighted by Crippen LogP contribution is -2.30. The molecule has 1 aliphatic rings. The van der Waals surface area contributed by atoms with Crippen LogP contribution in [0.15, 0.2) is 22.7 Å². The summed E-state index contributed by atoms with van der Waals surface area (Å²) >= 11 is 3.52. The Morgan fingerprint density at radius 3 is 2.67 bits per heavy atom. The Hall–Kier alpha value is -0.540. The van der Waals surface area contributed by atoms with Gasteiger partial charge in [-0.1, -0.05) is 29.8 Å². The zero-order valence-electron chi connectivity index (χ0n) is 11.4. The van der Waals surface area contributed by atoms with Gasteiger partial charge in [-0.2, -0.15) is 0 Å². The van der Waals surface area contributed by atoms with Gasteiger partial charge in [0.15, 0.2) is 0 Å². The number of hydrogen-bond donors (Lipinski definition) is 1. The summed E-state index contributed by atoms with van der Waals surface area (Å²) in [5.41, 5.74) is 1.27. The van der Waals surface area contributed by atoms with Crippen LogP contribution in [0.4, 0.5) is 0 Å². The summed E-state index contributed by atoms with van der Waals surface area (Å²) in [5, 5.41) is 3.50. The average molecular weight is 312 g/mol. The molecular formula is C15H22BrNO. The molecule has 0 saturated heterocycles. The normalized spacial score (nSPS) is 16.9. The van der Waals surface area contributed by atoms with E-state index in [0.717, 1.165) is 22.8 Å². The molecule has 1 aromatic rings. The molecule has 3 heteroatoms. The largest absolute Gasteiger partial charge is 0.489 e. The predicted octanol–water partition coefficient (Wildman–Crippen LogP) is 4.09. The number of hydrogen-bond acceptors (Lipinski definition) is 2. The minimum absolute atomic E-state index is 0.212. The van der Waals surface area contributed by atoms with Gasteiger partial charge in [0.05, 0.1) is 0 Å². The van der Waals surface area contributed by atoms with Gasteiger partial charge in [0.2, 0.25) is 0 Å². The Morgan fingerprint density at radius 1 is 1.33 bits per heavy atom. The first-order valence-electron chi connectivity index (χ1n) is 6.75. The first kappa shape index (κ1) is 13.9. The van der Waals surface area contributed by atoms with Crippen molar-refractivity contribution < 1.29 is 4.74 Å². The molecular weight excluding hydrogens is 290 g/mol. The van der Waals surface area contributed by atoms with Gasteiger partial charge in [0.1, 0.15) is 11.9 Å². The third-order valence-corrected chi connectivity index (χ3v) is 3.69. The topological polar surface area (TPSA) is 21.3 Å². The molecule has 1 atom stereocenters. The highest BCUT2D eigenvalue weighted by molar-refractivity contribution is 9.10. The zero-order valence-corrected chi connectivity index (χ0v) is 13.0. The van der Waals surface area contributed by atoms with E-state index in [9.17, 15) is 0 Å². The van der Waals surface area contributed by atoms with Gasteiger partial charge in [-0.25, -0.2) is 0 Å². The molecule has 1 saturated carbocycles. The molecule has 0 spiro atoms. The first-order chi connectivity index (χ1) is 8.56. The molecule has 0 aromatic heterocycles. The van der Waals surface area contributed by atoms with E-state index in [4.69, 9.17) is 4.74 Å². The third kappa shape index (κ3) is 3.99. The molecule has 100 valence electrons. The van der Waals surface area contributed by atoms with Crippen molar-refractivity contribution in [3.05, 3.63) is 28.2 Å². The average Bonchev–Trinajstić information content (AvgIpc) is 3.12. The molecule has 2 nitrogen and oxygen atoms in total. The summed E-state index contributed by atoms with van der Waals surface area (Å²) in [5.74, 6) is 1.49. The number of benzene rings is 1. The van der Waals surface area contributed by atoms with E-state index in [0.29, 0.717) is 5.92 Å². The van der Waals surface area contributed by atoms with Crippen LogP contribution in [0.2, 0.25) is 0 Å². The second-order valence-electron chi connectivity index (χ2n) is 5.45. The van der Waals surface area contributed by atoms with Crippen LogP contribution in [-0.2, 0) is 0 Å². The maximum Gasteiger partial charge on any atom is 0.123 e. The summed E-state index contributed by atoms with van der Waals surface area (Å²) in [6.45, 7) is 7.45. The van der Waals surface area contributed by atoms with Gasteiger partial charge in [-0.05, 0) is 49.4 Å². The molecule has 1 fully saturated rings. The number of ether oxygens (including phenoxy) is 1. The fourth-order valence-electron chi connectivity index (χ4n) is 1.96. The fourth-order valence-corrected chi connectivity index (χ4v) is 2.34. The van der Waals surface area contributed by atoms with Gasteiger partial charge in [-0.15, -0.1) is 0 Å². The highest BCUT2D eigenvalue weighted by atomic mass is 79.9. The first-order valence-corrected chi connectivity index (χ1v) is 7.55. The summed E-state index contributed by atoms with van der Waals surface area (Å²) < 4.78 is 7.17. The zero-order chi connectivity index (χ0) is 13.1. The molecule has 18 heavy (non-hydrogen) atoms. The Kier molecular flexibility index (Phi) is 4.68. The smallest absolute Gasteiger partial charge is 0.123 e. The van der Waals surface area contributed by atoms with Gasteiger partial charge in [-0.3, -0.25) is 0 Å². The molecule has 0 amide bonds. The quantitative estimate of drug-likeness (QED) is 0.854. The molecule has 1 unspecified atom stereocenters. The highest BCUT2D eigenvalue weighted by Gasteiger charge is 2.21. The molecule has 0 aliphatic heterocycles. The Bertz CT molecular complexity index is 401. The van der Waals surface area contributed by atoms with E-state index in [1.54, 1.807) is 0 Å². The van der Waals surface area contributed by atoms with Crippen LogP contribution in [0.3, 0.4) is 0 Å². The van der Waals surface area contributed by atoms with Crippen molar-refractivity contribution in [1.82, 2.24) is 5.32 Å². The van der Waals surface area contributed by atoms with E-state index in [2.05, 4.69) is 54.2 Å². The minimum atomic E-state index is 0.212. The molecule has 2 rings (SSSR count). The highest BCUT2D eigenvalue weighted by Crippen LogP contribution is 2.30. The van der Waals surface area contributed by atoms with E-state index in [1.807, 2.05) is 6.07 Å². The SMILES string of the molecule is CC(CNC1CC1)Oc1ccc(Br)cc1C(C)C. The van der Waals surface area contributed by atoms with Crippen molar-refractivity contribution >= 4 is 15.9 Å². The maximum absolute atomic E-state index is 6.06. The van der Waals surface area contributed by atoms with Gasteiger partial charge in [0.25, 0.3) is 0 Å². The summed E-state index contributed by atoms with van der Waals surface area (Å²) in [6, 6.07) is 7.00. The van der Waals surface area contributed by atoms with Crippen LogP contribution in [-0.4, -0.2) is 18.7 Å². The number of halogens is 1. The van der Waals surface area contributed by atoms with Crippen molar-refractivity contribution in [3.63, 3.8) is 0 Å². The van der Waals surface area contributed by atoms with Crippen LogP contribution < -0.4 is 10.1 Å². The lowest BCUT2D eigenvalue weighted by Gasteiger charge is -2.19. The van der Waals surface area contributed by atoms with E-state index in [-0.39, 0.29) is 6.10 Å². The van der Waals surface area contributed by atoms with Crippen LogP contribution in [0.1, 0.15) is 45.1 Å². The van der Waals surface area contributed by atoms with Gasteiger partial charge >= 0.3 is 0 Å². The Balaban J connectivity index is 1.97. The predicted molar refractivity (Wildman–Crippen MR) is 79.3 cm³/mol. The van der Waals surface area contributed by atoms with Gasteiger partial charge < -0.3 is 10.1 Å². The van der Waals surface area contributed by atoms with Crippen LogP contribution >= 0.6 is 15.9 Å².